The summed E-state index contributed by atoms with van der Waals surface area (Å²) in [5.74, 6) is 0. The molecule has 2 amide bonds. The van der Waals surface area contributed by atoms with E-state index in [1.165, 1.54) is 29.7 Å². The quantitative estimate of drug-likeness (QED) is 0.550. The number of aldehydes is 1. The van der Waals surface area contributed by atoms with Crippen LogP contribution in [0.25, 0.3) is 10.2 Å². The number of carbonyl (C=O) groups excluding carboxylic acids is 2. The molecule has 0 spiro atoms. The SMILES string of the molecule is CCCCc1ccc(NC(=O)Nc2c[nH]c3sc(C=O)cc23)cc1. The summed E-state index contributed by atoms with van der Waals surface area (Å²) in [6, 6.07) is 9.35. The number of urea groups is 1. The number of hydrogen-bond donors (Lipinski definition) is 3. The van der Waals surface area contributed by atoms with E-state index in [-0.39, 0.29) is 6.03 Å². The van der Waals surface area contributed by atoms with E-state index >= 15 is 0 Å². The number of carbonyl (C=O) groups is 2. The largest absolute Gasteiger partial charge is 0.351 e. The molecule has 124 valence electrons. The van der Waals surface area contributed by atoms with E-state index in [0.717, 1.165) is 28.6 Å². The van der Waals surface area contributed by atoms with Crippen LogP contribution in [-0.4, -0.2) is 17.3 Å². The van der Waals surface area contributed by atoms with Crippen molar-refractivity contribution >= 4 is 45.2 Å². The molecule has 6 heteroatoms. The van der Waals surface area contributed by atoms with Crippen LogP contribution in [0.5, 0.6) is 0 Å². The van der Waals surface area contributed by atoms with Crippen molar-refractivity contribution in [2.24, 2.45) is 0 Å². The first kappa shape index (κ1) is 16.3. The zero-order valence-electron chi connectivity index (χ0n) is 13.4. The molecule has 24 heavy (non-hydrogen) atoms. The van der Waals surface area contributed by atoms with E-state index in [0.29, 0.717) is 10.6 Å². The van der Waals surface area contributed by atoms with Gasteiger partial charge in [-0.25, -0.2) is 4.79 Å². The van der Waals surface area contributed by atoms with Crippen molar-refractivity contribution < 1.29 is 9.59 Å². The first-order chi connectivity index (χ1) is 11.7. The fraction of sp³-hybridized carbons (Fsp3) is 0.222. The average molecular weight is 341 g/mol. The molecule has 2 heterocycles. The molecular formula is C18H19N3O2S. The van der Waals surface area contributed by atoms with E-state index in [4.69, 9.17) is 0 Å². The monoisotopic (exact) mass is 341 g/mol. The second-order valence-electron chi connectivity index (χ2n) is 5.59. The lowest BCUT2D eigenvalue weighted by atomic mass is 10.1. The van der Waals surface area contributed by atoms with Crippen LogP contribution in [0.3, 0.4) is 0 Å². The molecule has 0 aliphatic heterocycles. The van der Waals surface area contributed by atoms with Crippen LogP contribution < -0.4 is 10.6 Å². The number of fused-ring (bicyclic) bond motifs is 1. The molecule has 0 saturated heterocycles. The Morgan fingerprint density at radius 1 is 1.25 bits per heavy atom. The molecule has 0 bridgehead atoms. The second kappa shape index (κ2) is 7.31. The van der Waals surface area contributed by atoms with Gasteiger partial charge >= 0.3 is 6.03 Å². The van der Waals surface area contributed by atoms with Gasteiger partial charge in [0.2, 0.25) is 0 Å². The van der Waals surface area contributed by atoms with Crippen molar-refractivity contribution in [3.05, 3.63) is 47.0 Å². The number of aryl methyl sites for hydroxylation is 1. The molecule has 3 aromatic rings. The molecular weight excluding hydrogens is 322 g/mol. The Balaban J connectivity index is 1.64. The molecule has 1 aromatic carbocycles. The van der Waals surface area contributed by atoms with Gasteiger partial charge in [-0.15, -0.1) is 11.3 Å². The Kier molecular flexibility index (Phi) is 4.96. The predicted octanol–water partition coefficient (Wildman–Crippen LogP) is 5.03. The van der Waals surface area contributed by atoms with Gasteiger partial charge in [-0.3, -0.25) is 4.79 Å². The van der Waals surface area contributed by atoms with Gasteiger partial charge < -0.3 is 15.6 Å². The zero-order valence-corrected chi connectivity index (χ0v) is 14.2. The average Bonchev–Trinajstić information content (AvgIpc) is 3.16. The minimum atomic E-state index is -0.309. The number of nitrogens with one attached hydrogen (secondary N) is 3. The summed E-state index contributed by atoms with van der Waals surface area (Å²) in [7, 11) is 0. The molecule has 2 aromatic heterocycles. The van der Waals surface area contributed by atoms with Gasteiger partial charge in [0.25, 0.3) is 0 Å². The van der Waals surface area contributed by atoms with Gasteiger partial charge in [-0.05, 0) is 36.6 Å². The van der Waals surface area contributed by atoms with Crippen LogP contribution in [0.4, 0.5) is 16.2 Å². The molecule has 5 nitrogen and oxygen atoms in total. The lowest BCUT2D eigenvalue weighted by Gasteiger charge is -2.07. The molecule has 0 aliphatic rings. The summed E-state index contributed by atoms with van der Waals surface area (Å²) < 4.78 is 0. The van der Waals surface area contributed by atoms with E-state index in [1.807, 2.05) is 24.3 Å². The third-order valence-corrected chi connectivity index (χ3v) is 4.78. The fourth-order valence-corrected chi connectivity index (χ4v) is 3.37. The molecule has 0 aliphatic carbocycles. The van der Waals surface area contributed by atoms with Crippen LogP contribution in [0, 0.1) is 0 Å². The van der Waals surface area contributed by atoms with Crippen molar-refractivity contribution in [1.29, 1.82) is 0 Å². The van der Waals surface area contributed by atoms with Gasteiger partial charge in [0.15, 0.2) is 6.29 Å². The van der Waals surface area contributed by atoms with Crippen molar-refractivity contribution in [2.75, 3.05) is 10.6 Å². The number of aromatic nitrogens is 1. The third-order valence-electron chi connectivity index (χ3n) is 3.78. The van der Waals surface area contributed by atoms with Crippen LogP contribution in [0.2, 0.25) is 0 Å². The van der Waals surface area contributed by atoms with Crippen molar-refractivity contribution in [3.8, 4) is 0 Å². The summed E-state index contributed by atoms with van der Waals surface area (Å²) in [4.78, 5) is 27.5. The van der Waals surface area contributed by atoms with Crippen LogP contribution >= 0.6 is 11.3 Å². The van der Waals surface area contributed by atoms with Crippen molar-refractivity contribution in [1.82, 2.24) is 4.98 Å². The molecule has 0 radical (unpaired) electrons. The fourth-order valence-electron chi connectivity index (χ4n) is 2.51. The van der Waals surface area contributed by atoms with Gasteiger partial charge in [-0.2, -0.15) is 0 Å². The topological polar surface area (TPSA) is 74.0 Å². The molecule has 3 N–H and O–H groups in total. The zero-order chi connectivity index (χ0) is 16.9. The van der Waals surface area contributed by atoms with Gasteiger partial charge in [-0.1, -0.05) is 25.5 Å². The highest BCUT2D eigenvalue weighted by atomic mass is 32.1. The van der Waals surface area contributed by atoms with Crippen molar-refractivity contribution in [2.45, 2.75) is 26.2 Å². The number of hydrogen-bond acceptors (Lipinski definition) is 3. The smallest absolute Gasteiger partial charge is 0.323 e. The molecule has 0 unspecified atom stereocenters. The number of amides is 2. The normalized spacial score (nSPS) is 10.7. The highest BCUT2D eigenvalue weighted by Crippen LogP contribution is 2.30. The Bertz CT molecular complexity index is 849. The summed E-state index contributed by atoms with van der Waals surface area (Å²) in [5, 5.41) is 6.47. The number of thiophene rings is 1. The van der Waals surface area contributed by atoms with E-state index < -0.39 is 0 Å². The third kappa shape index (κ3) is 3.65. The minimum absolute atomic E-state index is 0.309. The summed E-state index contributed by atoms with van der Waals surface area (Å²) in [5.41, 5.74) is 2.68. The summed E-state index contributed by atoms with van der Waals surface area (Å²) >= 11 is 1.36. The molecule has 0 saturated carbocycles. The maximum Gasteiger partial charge on any atom is 0.323 e. The maximum atomic E-state index is 12.2. The number of unbranched alkanes of at least 4 members (excludes halogenated alkanes) is 1. The van der Waals surface area contributed by atoms with Gasteiger partial charge in [0, 0.05) is 17.3 Å². The van der Waals surface area contributed by atoms with Crippen LogP contribution in [0.1, 0.15) is 35.0 Å². The maximum absolute atomic E-state index is 12.2. The van der Waals surface area contributed by atoms with Gasteiger partial charge in [0.05, 0.1) is 10.6 Å². The second-order valence-corrected chi connectivity index (χ2v) is 6.68. The highest BCUT2D eigenvalue weighted by molar-refractivity contribution is 7.20. The lowest BCUT2D eigenvalue weighted by molar-refractivity contribution is 0.112. The number of H-pyrrole nitrogens is 1. The number of aromatic amines is 1. The Morgan fingerprint density at radius 2 is 2.04 bits per heavy atom. The van der Waals surface area contributed by atoms with Gasteiger partial charge in [0.1, 0.15) is 4.83 Å². The molecule has 0 fully saturated rings. The van der Waals surface area contributed by atoms with E-state index in [1.54, 1.807) is 12.3 Å². The van der Waals surface area contributed by atoms with Crippen LogP contribution in [0.15, 0.2) is 36.5 Å². The predicted molar refractivity (Wildman–Crippen MR) is 99.3 cm³/mol. The molecule has 3 rings (SSSR count). The number of benzene rings is 1. The first-order valence-electron chi connectivity index (χ1n) is 7.92. The number of rotatable bonds is 6. The summed E-state index contributed by atoms with van der Waals surface area (Å²) in [6.45, 7) is 2.17. The Hall–Kier alpha value is -2.60. The highest BCUT2D eigenvalue weighted by Gasteiger charge is 2.11. The number of anilines is 2. The van der Waals surface area contributed by atoms with Crippen LogP contribution in [-0.2, 0) is 6.42 Å². The Morgan fingerprint density at radius 3 is 2.75 bits per heavy atom. The molecule has 0 atom stereocenters. The summed E-state index contributed by atoms with van der Waals surface area (Å²) in [6.07, 6.45) is 5.93. The van der Waals surface area contributed by atoms with E-state index in [9.17, 15) is 9.59 Å². The standard InChI is InChI=1S/C18H19N3O2S/c1-2-3-4-12-5-7-13(8-6-12)20-18(23)21-16-10-19-17-15(16)9-14(11-22)24-17/h5-11,19H,2-4H2,1H3,(H2,20,21,23). The van der Waals surface area contributed by atoms with E-state index in [2.05, 4.69) is 22.5 Å². The lowest BCUT2D eigenvalue weighted by Crippen LogP contribution is -2.19. The van der Waals surface area contributed by atoms with Crippen molar-refractivity contribution in [3.63, 3.8) is 0 Å². The Labute approximate surface area is 144 Å². The first-order valence-corrected chi connectivity index (χ1v) is 8.74. The minimum Gasteiger partial charge on any atom is -0.351 e.